The Balaban J connectivity index is 1.54. The smallest absolute Gasteiger partial charge is 0.224 e. The fraction of sp³-hybridized carbons (Fsp3) is 0.231. The summed E-state index contributed by atoms with van der Waals surface area (Å²) in [5.41, 5.74) is 5.21. The largest absolute Gasteiger partial charge is 0.326 e. The van der Waals surface area contributed by atoms with Crippen molar-refractivity contribution in [3.05, 3.63) is 83.9 Å². The van der Waals surface area contributed by atoms with Crippen molar-refractivity contribution in [2.45, 2.75) is 42.9 Å². The molecule has 1 aliphatic rings. The standard InChI is InChI=1S/C26H26N2OS/c1-18(2)16-22-21-10-6-7-11-24(21)30-25-14-13-20(17-23(25)28-22)27-26(29)15-12-19-8-4-3-5-9-19/h3-11,13-14,17-18H,12,15-16H2,1-2H3,(H,27,29). The number of aliphatic imine (C=N–C) groups is 1. The SMILES string of the molecule is CC(C)CC1=Nc2cc(NC(=O)CCc3ccccc3)ccc2Sc2ccccc21. The molecule has 30 heavy (non-hydrogen) atoms. The van der Waals surface area contributed by atoms with Gasteiger partial charge in [0.1, 0.15) is 0 Å². The number of nitrogens with one attached hydrogen (secondary N) is 1. The number of carbonyl (C=O) groups excluding carboxylic acids is 1. The maximum absolute atomic E-state index is 12.5. The lowest BCUT2D eigenvalue weighted by atomic mass is 10.00. The summed E-state index contributed by atoms with van der Waals surface area (Å²) in [6, 6.07) is 24.6. The van der Waals surface area contributed by atoms with E-state index in [1.165, 1.54) is 16.0 Å². The third-order valence-corrected chi connectivity index (χ3v) is 6.14. The Morgan fingerprint density at radius 3 is 2.53 bits per heavy atom. The van der Waals surface area contributed by atoms with Gasteiger partial charge in [0, 0.05) is 33.2 Å². The first-order valence-electron chi connectivity index (χ1n) is 10.4. The molecular weight excluding hydrogens is 388 g/mol. The number of amides is 1. The Labute approximate surface area is 182 Å². The first kappa shape index (κ1) is 20.4. The van der Waals surface area contributed by atoms with Gasteiger partial charge in [-0.05, 0) is 48.6 Å². The van der Waals surface area contributed by atoms with E-state index < -0.39 is 0 Å². The van der Waals surface area contributed by atoms with Crippen LogP contribution in [0.2, 0.25) is 0 Å². The number of anilines is 1. The molecule has 4 rings (SSSR count). The predicted octanol–water partition coefficient (Wildman–Crippen LogP) is 6.89. The molecule has 152 valence electrons. The van der Waals surface area contributed by atoms with Crippen molar-refractivity contribution >= 4 is 34.8 Å². The van der Waals surface area contributed by atoms with Gasteiger partial charge < -0.3 is 5.32 Å². The Hall–Kier alpha value is -2.85. The quantitative estimate of drug-likeness (QED) is 0.477. The minimum absolute atomic E-state index is 0.0229. The average molecular weight is 415 g/mol. The minimum atomic E-state index is 0.0229. The summed E-state index contributed by atoms with van der Waals surface area (Å²) in [5, 5.41) is 3.04. The van der Waals surface area contributed by atoms with Crippen LogP contribution in [-0.4, -0.2) is 11.6 Å². The van der Waals surface area contributed by atoms with E-state index >= 15 is 0 Å². The summed E-state index contributed by atoms with van der Waals surface area (Å²) in [6.45, 7) is 4.43. The highest BCUT2D eigenvalue weighted by atomic mass is 32.2. The van der Waals surface area contributed by atoms with Crippen LogP contribution in [0.1, 0.15) is 37.8 Å². The Morgan fingerprint density at radius 1 is 0.967 bits per heavy atom. The molecule has 4 heteroatoms. The van der Waals surface area contributed by atoms with Crippen molar-refractivity contribution in [2.75, 3.05) is 5.32 Å². The molecule has 0 saturated heterocycles. The molecule has 0 bridgehead atoms. The lowest BCUT2D eigenvalue weighted by Crippen LogP contribution is -2.12. The van der Waals surface area contributed by atoms with Crippen molar-refractivity contribution in [1.82, 2.24) is 0 Å². The van der Waals surface area contributed by atoms with Crippen LogP contribution in [0.3, 0.4) is 0 Å². The van der Waals surface area contributed by atoms with Gasteiger partial charge in [-0.2, -0.15) is 0 Å². The van der Waals surface area contributed by atoms with Crippen LogP contribution in [0.4, 0.5) is 11.4 Å². The zero-order chi connectivity index (χ0) is 20.9. The molecule has 0 unspecified atom stereocenters. The van der Waals surface area contributed by atoms with Gasteiger partial charge in [-0.1, -0.05) is 74.1 Å². The molecule has 1 aliphatic heterocycles. The summed E-state index contributed by atoms with van der Waals surface area (Å²) in [7, 11) is 0. The van der Waals surface area contributed by atoms with Crippen LogP contribution >= 0.6 is 11.8 Å². The second-order valence-electron chi connectivity index (χ2n) is 7.97. The van der Waals surface area contributed by atoms with Crippen LogP contribution in [-0.2, 0) is 11.2 Å². The predicted molar refractivity (Wildman–Crippen MR) is 126 cm³/mol. The van der Waals surface area contributed by atoms with Crippen LogP contribution in [0.25, 0.3) is 0 Å². The first-order valence-corrected chi connectivity index (χ1v) is 11.2. The monoisotopic (exact) mass is 414 g/mol. The van der Waals surface area contributed by atoms with Crippen molar-refractivity contribution < 1.29 is 4.79 Å². The van der Waals surface area contributed by atoms with Gasteiger partial charge >= 0.3 is 0 Å². The number of rotatable bonds is 6. The third kappa shape index (κ3) is 5.00. The molecule has 0 fully saturated rings. The summed E-state index contributed by atoms with van der Waals surface area (Å²) in [4.78, 5) is 19.8. The summed E-state index contributed by atoms with van der Waals surface area (Å²) >= 11 is 1.74. The molecule has 1 heterocycles. The molecule has 0 aromatic heterocycles. The minimum Gasteiger partial charge on any atom is -0.326 e. The van der Waals surface area contributed by atoms with E-state index in [-0.39, 0.29) is 5.91 Å². The lowest BCUT2D eigenvalue weighted by molar-refractivity contribution is -0.116. The molecule has 1 amide bonds. The van der Waals surface area contributed by atoms with Crippen molar-refractivity contribution in [3.63, 3.8) is 0 Å². The molecule has 0 atom stereocenters. The Morgan fingerprint density at radius 2 is 1.73 bits per heavy atom. The lowest BCUT2D eigenvalue weighted by Gasteiger charge is -2.10. The Kier molecular flexibility index (Phi) is 6.34. The molecule has 0 saturated carbocycles. The second kappa shape index (κ2) is 9.31. The van der Waals surface area contributed by atoms with E-state index in [4.69, 9.17) is 4.99 Å². The normalized spacial score (nSPS) is 12.6. The second-order valence-corrected chi connectivity index (χ2v) is 9.05. The van der Waals surface area contributed by atoms with E-state index in [2.05, 4.69) is 61.6 Å². The van der Waals surface area contributed by atoms with Crippen molar-refractivity contribution in [3.8, 4) is 0 Å². The highest BCUT2D eigenvalue weighted by Gasteiger charge is 2.18. The van der Waals surface area contributed by atoms with Gasteiger partial charge in [-0.25, -0.2) is 0 Å². The van der Waals surface area contributed by atoms with E-state index in [0.717, 1.165) is 34.8 Å². The highest BCUT2D eigenvalue weighted by Crippen LogP contribution is 2.42. The van der Waals surface area contributed by atoms with Crippen LogP contribution in [0.15, 0.2) is 87.6 Å². The molecule has 1 N–H and O–H groups in total. The highest BCUT2D eigenvalue weighted by molar-refractivity contribution is 7.99. The molecule has 3 nitrogen and oxygen atoms in total. The molecule has 0 radical (unpaired) electrons. The maximum Gasteiger partial charge on any atom is 0.224 e. The number of benzene rings is 3. The van der Waals surface area contributed by atoms with E-state index in [9.17, 15) is 4.79 Å². The van der Waals surface area contributed by atoms with Crippen LogP contribution < -0.4 is 5.32 Å². The van der Waals surface area contributed by atoms with Gasteiger partial charge in [-0.15, -0.1) is 0 Å². The summed E-state index contributed by atoms with van der Waals surface area (Å²) in [5.74, 6) is 0.541. The topological polar surface area (TPSA) is 41.5 Å². The number of aryl methyl sites for hydroxylation is 1. The summed E-state index contributed by atoms with van der Waals surface area (Å²) < 4.78 is 0. The molecule has 0 spiro atoms. The van der Waals surface area contributed by atoms with Crippen molar-refractivity contribution in [1.29, 1.82) is 0 Å². The van der Waals surface area contributed by atoms with E-state index in [1.807, 2.05) is 30.3 Å². The van der Waals surface area contributed by atoms with Gasteiger partial charge in [-0.3, -0.25) is 9.79 Å². The molecule has 3 aromatic carbocycles. The van der Waals surface area contributed by atoms with E-state index in [0.29, 0.717) is 12.3 Å². The van der Waals surface area contributed by atoms with Gasteiger partial charge in [0.15, 0.2) is 0 Å². The summed E-state index contributed by atoms with van der Waals surface area (Å²) in [6.07, 6.45) is 2.12. The first-order chi connectivity index (χ1) is 14.6. The van der Waals surface area contributed by atoms with Gasteiger partial charge in [0.05, 0.1) is 5.69 Å². The van der Waals surface area contributed by atoms with Crippen molar-refractivity contribution in [2.24, 2.45) is 10.9 Å². The number of nitrogens with zero attached hydrogens (tertiary/aromatic N) is 1. The maximum atomic E-state index is 12.5. The number of fused-ring (bicyclic) bond motifs is 2. The Bertz CT molecular complexity index is 1070. The molecule has 0 aliphatic carbocycles. The fourth-order valence-electron chi connectivity index (χ4n) is 3.56. The number of hydrogen-bond acceptors (Lipinski definition) is 3. The number of hydrogen-bond donors (Lipinski definition) is 1. The molecular formula is C26H26N2OS. The zero-order valence-corrected chi connectivity index (χ0v) is 18.2. The van der Waals surface area contributed by atoms with Crippen LogP contribution in [0, 0.1) is 5.92 Å². The average Bonchev–Trinajstić information content (AvgIpc) is 2.89. The van der Waals surface area contributed by atoms with Gasteiger partial charge in [0.25, 0.3) is 0 Å². The number of carbonyl (C=O) groups is 1. The molecule has 3 aromatic rings. The zero-order valence-electron chi connectivity index (χ0n) is 17.4. The third-order valence-electron chi connectivity index (χ3n) is 5.00. The fourth-order valence-corrected chi connectivity index (χ4v) is 4.58. The van der Waals surface area contributed by atoms with E-state index in [1.54, 1.807) is 11.8 Å². The van der Waals surface area contributed by atoms with Crippen LogP contribution in [0.5, 0.6) is 0 Å². The van der Waals surface area contributed by atoms with Gasteiger partial charge in [0.2, 0.25) is 5.91 Å².